The van der Waals surface area contributed by atoms with Crippen molar-refractivity contribution in [3.8, 4) is 0 Å². The standard InChI is InChI=1S/C11H18N2O4.C10H16N2O4.C8H14N2O3.C3H6O2.H2O/c1-4-6-8(13-9(14)5-2)11(16)12-7-10(15)17-3;1-3-5-7(12-8(13)4-2)10(16)11-6-9(14)15;1-3-4-6(9)8(12)10-5-7(11)13-2;1-2-3(4)5;/h4,8H,1,5-7H2,2-3H3,(H,12,16)(H,13,14);3,7H,1,4-6H2,2H3,(H,11,16)(H,12,13)(H,14,15);3,6H,1,4-5,9H2,2H3,(H,10,12);2H2,1H3,(H,4,5);1H2/p-1. The number of carboxylic acid groups (broad SMARTS) is 2. The van der Waals surface area contributed by atoms with E-state index in [1.165, 1.54) is 26.4 Å². The molecule has 10 N–H and O–H groups in total. The van der Waals surface area contributed by atoms with Crippen molar-refractivity contribution in [3.05, 3.63) is 38.0 Å². The molecule has 3 unspecified atom stereocenters. The predicted octanol–water partition coefficient (Wildman–Crippen LogP) is -1.11. The maximum Gasteiger partial charge on any atom is 0.325 e. The normalized spacial score (nSPS) is 10.7. The Balaban J connectivity index is -0.000000198. The third-order valence-corrected chi connectivity index (χ3v) is 5.49. The van der Waals surface area contributed by atoms with Gasteiger partial charge in [0.2, 0.25) is 29.5 Å². The molecule has 0 aliphatic heterocycles. The van der Waals surface area contributed by atoms with Gasteiger partial charge in [0.15, 0.2) is 0 Å². The van der Waals surface area contributed by atoms with E-state index >= 15 is 0 Å². The summed E-state index contributed by atoms with van der Waals surface area (Å²) in [5.41, 5.74) is 5.42. The van der Waals surface area contributed by atoms with Crippen molar-refractivity contribution < 1.29 is 68.3 Å². The molecular weight excluding hydrogens is 692 g/mol. The second-order valence-electron chi connectivity index (χ2n) is 9.57. The lowest BCUT2D eigenvalue weighted by atomic mass is 10.2. The number of nitrogens with two attached hydrogens (primary N) is 1. The summed E-state index contributed by atoms with van der Waals surface area (Å²) in [6.45, 7) is 14.5. The van der Waals surface area contributed by atoms with Crippen LogP contribution in [0, 0.1) is 0 Å². The smallest absolute Gasteiger partial charge is 0.325 e. The van der Waals surface area contributed by atoms with E-state index < -0.39 is 60.4 Å². The van der Waals surface area contributed by atoms with Crippen molar-refractivity contribution in [1.29, 1.82) is 0 Å². The van der Waals surface area contributed by atoms with Gasteiger partial charge < -0.3 is 57.5 Å². The number of ether oxygens (including phenoxy) is 2. The summed E-state index contributed by atoms with van der Waals surface area (Å²) in [6, 6.07) is -2.11. The summed E-state index contributed by atoms with van der Waals surface area (Å²) in [6.07, 6.45) is 6.28. The molecule has 3 atom stereocenters. The van der Waals surface area contributed by atoms with Crippen LogP contribution in [0.15, 0.2) is 38.0 Å². The Morgan fingerprint density at radius 3 is 1.19 bits per heavy atom. The Morgan fingerprint density at radius 2 is 0.923 bits per heavy atom. The molecule has 0 radical (unpaired) electrons. The SMILES string of the molecule is C=CCC(N)C(=O)NCC(=O)OC.C=CCC(NC(=O)CC)C(=O)NCC(=O)O.C=CCC(NC(=O)CC)C(=O)NCC(=O)OC.CCC(=O)O.[OH-]. The Hall–Kier alpha value is -5.63. The largest absolute Gasteiger partial charge is 0.870 e. The fourth-order valence-corrected chi connectivity index (χ4v) is 2.68. The molecule has 0 aromatic heterocycles. The molecule has 0 spiro atoms. The summed E-state index contributed by atoms with van der Waals surface area (Å²) >= 11 is 0. The number of carbonyl (C=O) groups excluding carboxylic acids is 7. The first-order chi connectivity index (χ1) is 23.9. The Morgan fingerprint density at radius 1 is 0.596 bits per heavy atom. The second-order valence-corrected chi connectivity index (χ2v) is 9.57. The number of hydrogen-bond acceptors (Lipinski definition) is 13. The zero-order chi connectivity index (χ0) is 40.4. The van der Waals surface area contributed by atoms with Crippen LogP contribution in [0.25, 0.3) is 0 Å². The highest BCUT2D eigenvalue weighted by molar-refractivity contribution is 5.90. The van der Waals surface area contributed by atoms with Crippen molar-refractivity contribution in [3.63, 3.8) is 0 Å². The van der Waals surface area contributed by atoms with Crippen molar-refractivity contribution in [2.75, 3.05) is 33.9 Å². The van der Waals surface area contributed by atoms with Crippen molar-refractivity contribution >= 4 is 53.4 Å². The van der Waals surface area contributed by atoms with E-state index in [9.17, 15) is 43.2 Å². The molecule has 0 fully saturated rings. The fourth-order valence-electron chi connectivity index (χ4n) is 2.68. The third kappa shape index (κ3) is 35.7. The van der Waals surface area contributed by atoms with Crippen LogP contribution >= 0.6 is 0 Å². The maximum absolute atomic E-state index is 11.6. The van der Waals surface area contributed by atoms with Crippen LogP contribution in [0.1, 0.15) is 59.3 Å². The van der Waals surface area contributed by atoms with E-state index in [2.05, 4.69) is 55.8 Å². The minimum absolute atomic E-state index is 0. The van der Waals surface area contributed by atoms with E-state index in [1.54, 1.807) is 26.8 Å². The van der Waals surface area contributed by atoms with E-state index in [0.717, 1.165) is 0 Å². The first-order valence-corrected chi connectivity index (χ1v) is 15.5. The summed E-state index contributed by atoms with van der Waals surface area (Å²) in [5, 5.41) is 28.0. The highest BCUT2D eigenvalue weighted by Crippen LogP contribution is 1.96. The molecule has 0 heterocycles. The second kappa shape index (κ2) is 36.6. The van der Waals surface area contributed by atoms with Crippen molar-refractivity contribution in [2.24, 2.45) is 5.73 Å². The van der Waals surface area contributed by atoms with E-state index in [0.29, 0.717) is 12.8 Å². The lowest BCUT2D eigenvalue weighted by Crippen LogP contribution is -2.47. The van der Waals surface area contributed by atoms with Gasteiger partial charge in [0, 0.05) is 19.3 Å². The minimum atomic E-state index is -1.13. The van der Waals surface area contributed by atoms with Gasteiger partial charge in [-0.05, 0) is 19.3 Å². The average Bonchev–Trinajstić information content (AvgIpc) is 3.11. The number of nitrogens with one attached hydrogen (secondary N) is 5. The number of carbonyl (C=O) groups is 9. The molecule has 52 heavy (non-hydrogen) atoms. The summed E-state index contributed by atoms with van der Waals surface area (Å²) in [5.74, 6) is -4.76. The number of aliphatic carboxylic acids is 2. The van der Waals surface area contributed by atoms with Crippen LogP contribution < -0.4 is 32.3 Å². The molecule has 20 nitrogen and oxygen atoms in total. The molecule has 0 aliphatic rings. The highest BCUT2D eigenvalue weighted by atomic mass is 16.5. The molecule has 20 heteroatoms. The molecule has 0 aromatic carbocycles. The minimum Gasteiger partial charge on any atom is -0.870 e. The molecule has 0 saturated carbocycles. The van der Waals surface area contributed by atoms with Crippen LogP contribution in [0.3, 0.4) is 0 Å². The quantitative estimate of drug-likeness (QED) is 0.0541. The topological polar surface area (TPSA) is 329 Å². The van der Waals surface area contributed by atoms with E-state index in [4.69, 9.17) is 15.9 Å². The molecule has 0 rings (SSSR count). The lowest BCUT2D eigenvalue weighted by molar-refractivity contribution is -0.141. The van der Waals surface area contributed by atoms with Crippen LogP contribution in [-0.2, 0) is 52.6 Å². The number of rotatable bonds is 20. The van der Waals surface area contributed by atoms with E-state index in [-0.39, 0.29) is 62.0 Å². The van der Waals surface area contributed by atoms with Gasteiger partial charge in [0.1, 0.15) is 31.7 Å². The maximum atomic E-state index is 11.6. The van der Waals surface area contributed by atoms with Gasteiger partial charge in [-0.3, -0.25) is 43.2 Å². The summed E-state index contributed by atoms with van der Waals surface area (Å²) < 4.78 is 8.71. The third-order valence-electron chi connectivity index (χ3n) is 5.49. The number of carboxylic acids is 2. The van der Waals surface area contributed by atoms with Gasteiger partial charge in [-0.1, -0.05) is 39.0 Å². The molecule has 0 aromatic rings. The number of esters is 2. The predicted molar refractivity (Wildman–Crippen MR) is 187 cm³/mol. The van der Waals surface area contributed by atoms with Gasteiger partial charge in [-0.2, -0.15) is 0 Å². The van der Waals surface area contributed by atoms with Gasteiger partial charge >= 0.3 is 23.9 Å². The Labute approximate surface area is 303 Å². The van der Waals surface area contributed by atoms with Crippen molar-refractivity contribution in [1.82, 2.24) is 26.6 Å². The molecule has 0 aliphatic carbocycles. The number of hydrogen-bond donors (Lipinski definition) is 8. The highest BCUT2D eigenvalue weighted by Gasteiger charge is 2.20. The summed E-state index contributed by atoms with van der Waals surface area (Å²) in [4.78, 5) is 97.5. The monoisotopic (exact) mass is 747 g/mol. The number of methoxy groups -OCH3 is 2. The molecular formula is C32H55N6O14-. The Kier molecular flexibility index (Phi) is 39.3. The van der Waals surface area contributed by atoms with Gasteiger partial charge in [0.25, 0.3) is 0 Å². The fraction of sp³-hybridized carbons (Fsp3) is 0.531. The van der Waals surface area contributed by atoms with Gasteiger partial charge in [0.05, 0.1) is 20.3 Å². The van der Waals surface area contributed by atoms with Crippen LogP contribution in [0.4, 0.5) is 0 Å². The molecule has 0 bridgehead atoms. The van der Waals surface area contributed by atoms with Crippen LogP contribution in [0.2, 0.25) is 0 Å². The molecule has 298 valence electrons. The summed E-state index contributed by atoms with van der Waals surface area (Å²) in [7, 11) is 2.48. The Bertz CT molecular complexity index is 1160. The molecule has 5 amide bonds. The lowest BCUT2D eigenvalue weighted by Gasteiger charge is -2.16. The first-order valence-electron chi connectivity index (χ1n) is 15.5. The van der Waals surface area contributed by atoms with Crippen LogP contribution in [-0.4, -0.2) is 121 Å². The molecule has 0 saturated heterocycles. The number of amides is 5. The average molecular weight is 748 g/mol. The first kappa shape index (κ1) is 55.8. The van der Waals surface area contributed by atoms with E-state index in [1.807, 2.05) is 0 Å². The zero-order valence-corrected chi connectivity index (χ0v) is 30.4. The van der Waals surface area contributed by atoms with Gasteiger partial charge in [-0.15, -0.1) is 19.7 Å². The van der Waals surface area contributed by atoms with Crippen LogP contribution in [0.5, 0.6) is 0 Å². The van der Waals surface area contributed by atoms with Gasteiger partial charge in [-0.25, -0.2) is 0 Å². The zero-order valence-electron chi connectivity index (χ0n) is 30.4. The van der Waals surface area contributed by atoms with Crippen molar-refractivity contribution in [2.45, 2.75) is 77.4 Å².